The van der Waals surface area contributed by atoms with E-state index in [0.29, 0.717) is 21.3 Å². The van der Waals surface area contributed by atoms with Crippen molar-refractivity contribution in [1.82, 2.24) is 10.3 Å². The van der Waals surface area contributed by atoms with E-state index in [0.717, 1.165) is 0 Å². The van der Waals surface area contributed by atoms with Crippen LogP contribution in [0.15, 0.2) is 24.3 Å². The molecule has 0 spiro atoms. The van der Waals surface area contributed by atoms with Crippen LogP contribution in [-0.2, 0) is 11.4 Å². The Morgan fingerprint density at radius 2 is 1.96 bits per heavy atom. The molecule has 128 valence electrons. The molecule has 0 bridgehead atoms. The number of thiazole rings is 1. The summed E-state index contributed by atoms with van der Waals surface area (Å²) in [7, 11) is 0. The third-order valence-corrected chi connectivity index (χ3v) is 4.39. The summed E-state index contributed by atoms with van der Waals surface area (Å²) in [4.78, 5) is 28.3. The Labute approximate surface area is 142 Å². The van der Waals surface area contributed by atoms with Crippen LogP contribution in [0, 0.1) is 12.7 Å². The zero-order chi connectivity index (χ0) is 17.9. The molecule has 1 aromatic carbocycles. The number of hydrogen-bond donors (Lipinski definition) is 2. The molecule has 0 unspecified atom stereocenters. The number of aromatic nitrogens is 1. The van der Waals surface area contributed by atoms with Gasteiger partial charge in [0.2, 0.25) is 5.91 Å². The highest BCUT2D eigenvalue weighted by Gasteiger charge is 2.29. The summed E-state index contributed by atoms with van der Waals surface area (Å²) in [6.45, 7) is 4.91. The Morgan fingerprint density at radius 3 is 2.54 bits per heavy atom. The first kappa shape index (κ1) is 17.9. The van der Waals surface area contributed by atoms with Gasteiger partial charge in [-0.05, 0) is 45.0 Å². The van der Waals surface area contributed by atoms with Gasteiger partial charge in [0.1, 0.15) is 33.6 Å². The summed E-state index contributed by atoms with van der Waals surface area (Å²) in [5, 5.41) is 3.18. The fraction of sp³-hybridized carbons (Fsp3) is 0.312. The van der Waals surface area contributed by atoms with Gasteiger partial charge < -0.3 is 15.8 Å². The second-order valence-corrected chi connectivity index (χ2v) is 6.79. The van der Waals surface area contributed by atoms with Gasteiger partial charge in [0.25, 0.3) is 5.91 Å². The van der Waals surface area contributed by atoms with Crippen LogP contribution in [0.5, 0.6) is 5.75 Å². The Bertz CT molecular complexity index is 756. The standard InChI is InChI=1S/C16H18FN3O3S/c1-9-13(14(21)20-16(2,3)15(18)22)24-12(19-9)8-23-11-6-4-10(17)5-7-11/h4-7H,8H2,1-3H3,(H2,18,22)(H,20,21). The largest absolute Gasteiger partial charge is 0.486 e. The molecule has 2 aromatic rings. The molecule has 0 aliphatic carbocycles. The number of ether oxygens (including phenoxy) is 1. The molecule has 0 saturated heterocycles. The summed E-state index contributed by atoms with van der Waals surface area (Å²) in [5.41, 5.74) is 4.63. The molecule has 8 heteroatoms. The molecule has 2 rings (SSSR count). The van der Waals surface area contributed by atoms with Gasteiger partial charge in [-0.3, -0.25) is 9.59 Å². The summed E-state index contributed by atoms with van der Waals surface area (Å²) in [6.07, 6.45) is 0. The van der Waals surface area contributed by atoms with Crippen LogP contribution >= 0.6 is 11.3 Å². The molecule has 0 aliphatic rings. The molecule has 2 amide bonds. The first-order chi connectivity index (χ1) is 11.2. The number of hydrogen-bond acceptors (Lipinski definition) is 5. The number of nitrogens with one attached hydrogen (secondary N) is 1. The molecular formula is C16H18FN3O3S. The van der Waals surface area contributed by atoms with Crippen molar-refractivity contribution in [3.63, 3.8) is 0 Å². The van der Waals surface area contributed by atoms with E-state index in [1.807, 2.05) is 0 Å². The Morgan fingerprint density at radius 1 is 1.33 bits per heavy atom. The Balaban J connectivity index is 2.05. The average Bonchev–Trinajstić information content (AvgIpc) is 2.87. The van der Waals surface area contributed by atoms with E-state index in [1.165, 1.54) is 49.4 Å². The Kier molecular flexibility index (Phi) is 5.18. The molecule has 6 nitrogen and oxygen atoms in total. The number of benzene rings is 1. The number of amides is 2. The van der Waals surface area contributed by atoms with Crippen LogP contribution in [0.1, 0.15) is 34.2 Å². The van der Waals surface area contributed by atoms with Crippen LogP contribution < -0.4 is 15.8 Å². The normalized spacial score (nSPS) is 11.2. The predicted molar refractivity (Wildman–Crippen MR) is 88.3 cm³/mol. The van der Waals surface area contributed by atoms with E-state index in [9.17, 15) is 14.0 Å². The van der Waals surface area contributed by atoms with Gasteiger partial charge in [-0.15, -0.1) is 11.3 Å². The van der Waals surface area contributed by atoms with E-state index in [2.05, 4.69) is 10.3 Å². The van der Waals surface area contributed by atoms with Gasteiger partial charge >= 0.3 is 0 Å². The van der Waals surface area contributed by atoms with Gasteiger partial charge in [0, 0.05) is 0 Å². The highest BCUT2D eigenvalue weighted by Crippen LogP contribution is 2.21. The van der Waals surface area contributed by atoms with E-state index >= 15 is 0 Å². The van der Waals surface area contributed by atoms with Crippen molar-refractivity contribution >= 4 is 23.2 Å². The number of nitrogens with zero attached hydrogens (tertiary/aromatic N) is 1. The smallest absolute Gasteiger partial charge is 0.264 e. The number of aryl methyl sites for hydroxylation is 1. The van der Waals surface area contributed by atoms with Gasteiger partial charge in [0.05, 0.1) is 5.69 Å². The maximum absolute atomic E-state index is 12.8. The van der Waals surface area contributed by atoms with Crippen LogP contribution in [0.4, 0.5) is 4.39 Å². The quantitative estimate of drug-likeness (QED) is 0.834. The average molecular weight is 351 g/mol. The third-order valence-electron chi connectivity index (χ3n) is 3.27. The molecule has 0 atom stereocenters. The monoisotopic (exact) mass is 351 g/mol. The van der Waals surface area contributed by atoms with Crippen LogP contribution in [0.2, 0.25) is 0 Å². The fourth-order valence-corrected chi connectivity index (χ4v) is 2.68. The van der Waals surface area contributed by atoms with Crippen LogP contribution in [0.25, 0.3) is 0 Å². The fourth-order valence-electron chi connectivity index (χ4n) is 1.80. The van der Waals surface area contributed by atoms with Crippen LogP contribution in [-0.4, -0.2) is 22.3 Å². The first-order valence-corrected chi connectivity index (χ1v) is 7.98. The molecule has 24 heavy (non-hydrogen) atoms. The van der Waals surface area contributed by atoms with Crippen molar-refractivity contribution in [2.45, 2.75) is 32.9 Å². The van der Waals surface area contributed by atoms with E-state index < -0.39 is 17.4 Å². The molecule has 0 radical (unpaired) electrons. The molecule has 1 aromatic heterocycles. The van der Waals surface area contributed by atoms with Crippen molar-refractivity contribution < 1.29 is 18.7 Å². The highest BCUT2D eigenvalue weighted by atomic mass is 32.1. The van der Waals surface area contributed by atoms with E-state index in [4.69, 9.17) is 10.5 Å². The minimum Gasteiger partial charge on any atom is -0.486 e. The number of halogens is 1. The number of primary amides is 1. The lowest BCUT2D eigenvalue weighted by molar-refractivity contribution is -0.122. The zero-order valence-electron chi connectivity index (χ0n) is 13.6. The lowest BCUT2D eigenvalue weighted by atomic mass is 10.1. The predicted octanol–water partition coefficient (Wildman–Crippen LogP) is 2.16. The van der Waals surface area contributed by atoms with Crippen molar-refractivity contribution in [3.05, 3.63) is 45.7 Å². The van der Waals surface area contributed by atoms with E-state index in [-0.39, 0.29) is 12.4 Å². The summed E-state index contributed by atoms with van der Waals surface area (Å²) in [6, 6.07) is 5.62. The number of carbonyl (C=O) groups excluding carboxylic acids is 2. The first-order valence-electron chi connectivity index (χ1n) is 7.16. The lowest BCUT2D eigenvalue weighted by Crippen LogP contribution is -2.52. The molecule has 0 aliphatic heterocycles. The second kappa shape index (κ2) is 6.96. The maximum Gasteiger partial charge on any atom is 0.264 e. The molecular weight excluding hydrogens is 333 g/mol. The van der Waals surface area contributed by atoms with Crippen molar-refractivity contribution in [1.29, 1.82) is 0 Å². The van der Waals surface area contributed by atoms with Gasteiger partial charge in [0.15, 0.2) is 0 Å². The lowest BCUT2D eigenvalue weighted by Gasteiger charge is -2.21. The summed E-state index contributed by atoms with van der Waals surface area (Å²) < 4.78 is 18.4. The van der Waals surface area contributed by atoms with Gasteiger partial charge in [-0.25, -0.2) is 9.37 Å². The summed E-state index contributed by atoms with van der Waals surface area (Å²) >= 11 is 1.17. The SMILES string of the molecule is Cc1nc(COc2ccc(F)cc2)sc1C(=O)NC(C)(C)C(N)=O. The molecule has 0 saturated carbocycles. The highest BCUT2D eigenvalue weighted by molar-refractivity contribution is 7.13. The minimum absolute atomic E-state index is 0.156. The molecule has 3 N–H and O–H groups in total. The number of nitrogens with two attached hydrogens (primary N) is 1. The Hall–Kier alpha value is -2.48. The minimum atomic E-state index is -1.15. The van der Waals surface area contributed by atoms with Gasteiger partial charge in [-0.2, -0.15) is 0 Å². The van der Waals surface area contributed by atoms with E-state index in [1.54, 1.807) is 6.92 Å². The van der Waals surface area contributed by atoms with Crippen molar-refractivity contribution in [2.24, 2.45) is 5.73 Å². The third kappa shape index (κ3) is 4.29. The van der Waals surface area contributed by atoms with Crippen molar-refractivity contribution in [3.8, 4) is 5.75 Å². The number of rotatable bonds is 6. The maximum atomic E-state index is 12.8. The molecule has 0 fully saturated rings. The second-order valence-electron chi connectivity index (χ2n) is 5.71. The summed E-state index contributed by atoms with van der Waals surface area (Å²) in [5.74, 6) is -0.881. The van der Waals surface area contributed by atoms with Gasteiger partial charge in [-0.1, -0.05) is 0 Å². The zero-order valence-corrected chi connectivity index (χ0v) is 14.4. The van der Waals surface area contributed by atoms with Crippen molar-refractivity contribution in [2.75, 3.05) is 0 Å². The number of carbonyl (C=O) groups is 2. The van der Waals surface area contributed by atoms with Crippen LogP contribution in [0.3, 0.4) is 0 Å². The molecule has 1 heterocycles. The topological polar surface area (TPSA) is 94.3 Å².